The number of methoxy groups -OCH3 is 1. The molecule has 0 bridgehead atoms. The van der Waals surface area contributed by atoms with E-state index in [1.165, 1.54) is 7.11 Å². The summed E-state index contributed by atoms with van der Waals surface area (Å²) in [6, 6.07) is 1.10. The number of aromatic nitrogens is 1. The number of halogens is 5. The van der Waals surface area contributed by atoms with E-state index in [2.05, 4.69) is 9.72 Å². The molecule has 1 rings (SSSR count). The molecule has 90 valence electrons. The van der Waals surface area contributed by atoms with Gasteiger partial charge >= 0.3 is 6.36 Å². The minimum absolute atomic E-state index is 0.00983. The second-order valence-corrected chi connectivity index (χ2v) is 3.91. The van der Waals surface area contributed by atoms with Crippen molar-refractivity contribution in [1.29, 1.82) is 0 Å². The summed E-state index contributed by atoms with van der Waals surface area (Å²) >= 11 is 7.32. The van der Waals surface area contributed by atoms with Gasteiger partial charge in [-0.1, -0.05) is 0 Å². The number of rotatable bonds is 3. The first-order chi connectivity index (χ1) is 7.37. The molecule has 0 aliphatic carbocycles. The molecule has 0 aliphatic heterocycles. The Morgan fingerprint density at radius 1 is 1.50 bits per heavy atom. The van der Waals surface area contributed by atoms with Gasteiger partial charge in [0.2, 0.25) is 5.88 Å². The van der Waals surface area contributed by atoms with Crippen LogP contribution < -0.4 is 9.47 Å². The molecule has 0 N–H and O–H groups in total. The van der Waals surface area contributed by atoms with Gasteiger partial charge in [-0.3, -0.25) is 0 Å². The molecule has 8 heteroatoms. The lowest BCUT2D eigenvalue weighted by molar-refractivity contribution is -0.276. The van der Waals surface area contributed by atoms with Crippen molar-refractivity contribution in [3.05, 3.63) is 15.3 Å². The van der Waals surface area contributed by atoms with Gasteiger partial charge in [0.25, 0.3) is 0 Å². The fourth-order valence-corrected chi connectivity index (χ4v) is 2.02. The molecule has 0 amide bonds. The van der Waals surface area contributed by atoms with E-state index in [1.54, 1.807) is 22.6 Å². The van der Waals surface area contributed by atoms with E-state index in [1.807, 2.05) is 0 Å². The maximum Gasteiger partial charge on any atom is 0.574 e. The summed E-state index contributed by atoms with van der Waals surface area (Å²) < 4.78 is 44.8. The van der Waals surface area contributed by atoms with E-state index in [0.717, 1.165) is 6.07 Å². The Hall–Kier alpha value is -0.440. The standard InChI is InChI=1S/C8H6ClF3INO2/c1-15-6-4(3-9)2-5(14-7(6)13)16-8(10,11)12/h2H,3H2,1H3. The van der Waals surface area contributed by atoms with Crippen molar-refractivity contribution < 1.29 is 22.6 Å². The fraction of sp³-hybridized carbons (Fsp3) is 0.375. The van der Waals surface area contributed by atoms with E-state index in [-0.39, 0.29) is 9.58 Å². The Labute approximate surface area is 108 Å². The van der Waals surface area contributed by atoms with Crippen molar-refractivity contribution in [2.24, 2.45) is 0 Å². The van der Waals surface area contributed by atoms with Crippen LogP contribution >= 0.6 is 34.2 Å². The Balaban J connectivity index is 3.10. The summed E-state index contributed by atoms with van der Waals surface area (Å²) in [7, 11) is 1.39. The topological polar surface area (TPSA) is 31.4 Å². The minimum atomic E-state index is -4.77. The van der Waals surface area contributed by atoms with Gasteiger partial charge in [-0.15, -0.1) is 24.8 Å². The average Bonchev–Trinajstić information content (AvgIpc) is 2.14. The zero-order valence-corrected chi connectivity index (χ0v) is 10.9. The maximum absolute atomic E-state index is 12.0. The normalized spacial score (nSPS) is 11.4. The molecule has 16 heavy (non-hydrogen) atoms. The van der Waals surface area contributed by atoms with Crippen LogP contribution in [-0.2, 0) is 5.88 Å². The van der Waals surface area contributed by atoms with Crippen LogP contribution in [0.25, 0.3) is 0 Å². The van der Waals surface area contributed by atoms with Crippen LogP contribution in [0.1, 0.15) is 5.56 Å². The van der Waals surface area contributed by atoms with Crippen molar-refractivity contribution in [1.82, 2.24) is 4.98 Å². The molecule has 0 atom stereocenters. The number of hydrogen-bond acceptors (Lipinski definition) is 3. The third kappa shape index (κ3) is 3.55. The first-order valence-corrected chi connectivity index (χ1v) is 5.54. The van der Waals surface area contributed by atoms with Crippen molar-refractivity contribution in [3.63, 3.8) is 0 Å². The lowest BCUT2D eigenvalue weighted by Gasteiger charge is -2.12. The smallest absolute Gasteiger partial charge is 0.494 e. The highest BCUT2D eigenvalue weighted by Crippen LogP contribution is 2.31. The summed E-state index contributed by atoms with van der Waals surface area (Å²) in [4.78, 5) is 3.60. The van der Waals surface area contributed by atoms with E-state index in [9.17, 15) is 13.2 Å². The monoisotopic (exact) mass is 367 g/mol. The largest absolute Gasteiger partial charge is 0.574 e. The lowest BCUT2D eigenvalue weighted by Crippen LogP contribution is -2.18. The Kier molecular flexibility index (Phi) is 4.48. The van der Waals surface area contributed by atoms with Gasteiger partial charge in [-0.25, -0.2) is 4.98 Å². The van der Waals surface area contributed by atoms with Gasteiger partial charge in [0, 0.05) is 11.6 Å². The second-order valence-electron chi connectivity index (χ2n) is 2.63. The maximum atomic E-state index is 12.0. The van der Waals surface area contributed by atoms with E-state index in [0.29, 0.717) is 11.3 Å². The molecular weight excluding hydrogens is 361 g/mol. The van der Waals surface area contributed by atoms with Crippen molar-refractivity contribution in [2.45, 2.75) is 12.2 Å². The second kappa shape index (κ2) is 5.26. The van der Waals surface area contributed by atoms with Crippen molar-refractivity contribution in [3.8, 4) is 11.6 Å². The number of hydrogen-bond donors (Lipinski definition) is 0. The highest BCUT2D eigenvalue weighted by atomic mass is 127. The van der Waals surface area contributed by atoms with Crippen molar-refractivity contribution in [2.75, 3.05) is 7.11 Å². The molecule has 0 radical (unpaired) electrons. The van der Waals surface area contributed by atoms with Crippen LogP contribution in [0.4, 0.5) is 13.2 Å². The molecule has 0 saturated heterocycles. The zero-order valence-electron chi connectivity index (χ0n) is 7.94. The SMILES string of the molecule is COc1c(CCl)cc(OC(F)(F)F)nc1I. The zero-order chi connectivity index (χ0) is 12.3. The summed E-state index contributed by atoms with van der Waals surface area (Å²) in [6.07, 6.45) is -4.77. The molecule has 1 heterocycles. The average molecular weight is 367 g/mol. The molecular formula is C8H6ClF3INO2. The molecule has 0 spiro atoms. The summed E-state index contributed by atoms with van der Waals surface area (Å²) in [6.45, 7) is 0. The number of pyridine rings is 1. The Bertz CT molecular complexity index is 386. The lowest BCUT2D eigenvalue weighted by atomic mass is 10.3. The molecule has 0 fully saturated rings. The molecule has 0 aliphatic rings. The molecule has 0 aromatic carbocycles. The third-order valence-electron chi connectivity index (χ3n) is 1.55. The van der Waals surface area contributed by atoms with Crippen LogP contribution in [-0.4, -0.2) is 18.5 Å². The highest BCUT2D eigenvalue weighted by molar-refractivity contribution is 14.1. The van der Waals surface area contributed by atoms with Crippen LogP contribution in [0, 0.1) is 3.70 Å². The first-order valence-electron chi connectivity index (χ1n) is 3.92. The molecule has 0 unspecified atom stereocenters. The van der Waals surface area contributed by atoms with E-state index in [4.69, 9.17) is 16.3 Å². The van der Waals surface area contributed by atoms with Gasteiger partial charge in [0.1, 0.15) is 3.70 Å². The van der Waals surface area contributed by atoms with Gasteiger partial charge < -0.3 is 9.47 Å². The van der Waals surface area contributed by atoms with Crippen LogP contribution in [0.15, 0.2) is 6.07 Å². The summed E-state index contributed by atoms with van der Waals surface area (Å²) in [5, 5.41) is 0. The van der Waals surface area contributed by atoms with Gasteiger partial charge in [-0.2, -0.15) is 0 Å². The molecule has 1 aromatic rings. The first kappa shape index (κ1) is 13.6. The molecule has 3 nitrogen and oxygen atoms in total. The highest BCUT2D eigenvalue weighted by Gasteiger charge is 2.32. The predicted molar refractivity (Wildman–Crippen MR) is 59.7 cm³/mol. The summed E-state index contributed by atoms with van der Waals surface area (Å²) in [5.74, 6) is -0.186. The van der Waals surface area contributed by atoms with Crippen LogP contribution in [0.3, 0.4) is 0 Å². The molecule has 1 aromatic heterocycles. The number of alkyl halides is 4. The number of ether oxygens (including phenoxy) is 2. The van der Waals surface area contributed by atoms with Crippen LogP contribution in [0.5, 0.6) is 11.6 Å². The quantitative estimate of drug-likeness (QED) is 0.467. The van der Waals surface area contributed by atoms with Crippen LogP contribution in [0.2, 0.25) is 0 Å². The Morgan fingerprint density at radius 3 is 2.56 bits per heavy atom. The van der Waals surface area contributed by atoms with Gasteiger partial charge in [-0.05, 0) is 22.6 Å². The molecule has 0 saturated carbocycles. The fourth-order valence-electron chi connectivity index (χ4n) is 1.01. The Morgan fingerprint density at radius 2 is 2.12 bits per heavy atom. The minimum Gasteiger partial charge on any atom is -0.494 e. The van der Waals surface area contributed by atoms with E-state index >= 15 is 0 Å². The van der Waals surface area contributed by atoms with Crippen molar-refractivity contribution >= 4 is 34.2 Å². The predicted octanol–water partition coefficient (Wildman–Crippen LogP) is 3.33. The number of nitrogens with zero attached hydrogens (tertiary/aromatic N) is 1. The van der Waals surface area contributed by atoms with Gasteiger partial charge in [0.15, 0.2) is 5.75 Å². The summed E-state index contributed by atoms with van der Waals surface area (Å²) in [5.41, 5.74) is 0.391. The van der Waals surface area contributed by atoms with Gasteiger partial charge in [0.05, 0.1) is 13.0 Å². The van der Waals surface area contributed by atoms with E-state index < -0.39 is 12.2 Å². The third-order valence-corrected chi connectivity index (χ3v) is 2.57.